The van der Waals surface area contributed by atoms with E-state index < -0.39 is 11.0 Å². The minimum atomic E-state index is -1.23. The molecule has 0 aliphatic heterocycles. The highest BCUT2D eigenvalue weighted by molar-refractivity contribution is 5.25. The average molecular weight is 247 g/mol. The molecule has 1 heterocycles. The van der Waals surface area contributed by atoms with Gasteiger partial charge in [-0.2, -0.15) is 5.26 Å². The van der Waals surface area contributed by atoms with E-state index in [1.807, 2.05) is 13.8 Å². The average Bonchev–Trinajstić information content (AvgIpc) is 2.72. The Bertz CT molecular complexity index is 473. The lowest BCUT2D eigenvalue weighted by Crippen LogP contribution is -2.53. The molecule has 0 bridgehead atoms. The third-order valence-corrected chi connectivity index (χ3v) is 4.91. The molecule has 1 aromatic heterocycles. The third-order valence-electron chi connectivity index (χ3n) is 4.91. The fourth-order valence-corrected chi connectivity index (χ4v) is 3.14. The quantitative estimate of drug-likeness (QED) is 0.816. The molecule has 0 spiro atoms. The number of aliphatic hydroxyl groups is 1. The summed E-state index contributed by atoms with van der Waals surface area (Å²) in [7, 11) is 0. The van der Waals surface area contributed by atoms with Crippen molar-refractivity contribution in [2.24, 2.45) is 11.3 Å². The van der Waals surface area contributed by atoms with Gasteiger partial charge in [0.25, 0.3) is 0 Å². The summed E-state index contributed by atoms with van der Waals surface area (Å²) in [5.41, 5.74) is 0.553. The highest BCUT2D eigenvalue weighted by atomic mass is 16.3. The van der Waals surface area contributed by atoms with Crippen LogP contribution in [0.2, 0.25) is 0 Å². The lowest BCUT2D eigenvalue weighted by Gasteiger charge is -2.48. The Morgan fingerprint density at radius 3 is 2.83 bits per heavy atom. The van der Waals surface area contributed by atoms with Crippen LogP contribution in [-0.4, -0.2) is 10.7 Å². The largest absolute Gasteiger partial charge is 0.472 e. The van der Waals surface area contributed by atoms with Gasteiger partial charge in [-0.15, -0.1) is 0 Å². The van der Waals surface area contributed by atoms with Gasteiger partial charge in [0.1, 0.15) is 0 Å². The molecule has 2 rings (SSSR count). The summed E-state index contributed by atoms with van der Waals surface area (Å²) in [4.78, 5) is 0. The molecule has 0 unspecified atom stereocenters. The molecule has 3 heteroatoms. The SMILES string of the molecule is Cc1cocc1C[C@]1(C)[C@@H](C)CCC[C@]1(O)C#N. The summed E-state index contributed by atoms with van der Waals surface area (Å²) < 4.78 is 5.20. The van der Waals surface area contributed by atoms with Gasteiger partial charge in [-0.3, -0.25) is 0 Å². The van der Waals surface area contributed by atoms with E-state index in [0.29, 0.717) is 18.8 Å². The number of hydrogen-bond donors (Lipinski definition) is 1. The predicted molar refractivity (Wildman–Crippen MR) is 68.8 cm³/mol. The Balaban J connectivity index is 2.36. The molecular formula is C15H21NO2. The van der Waals surface area contributed by atoms with Crippen LogP contribution in [0.1, 0.15) is 44.2 Å². The third kappa shape index (κ3) is 1.85. The Morgan fingerprint density at radius 2 is 2.28 bits per heavy atom. The van der Waals surface area contributed by atoms with E-state index >= 15 is 0 Å². The Kier molecular flexibility index (Phi) is 3.25. The van der Waals surface area contributed by atoms with Crippen molar-refractivity contribution in [3.63, 3.8) is 0 Å². The van der Waals surface area contributed by atoms with Crippen molar-refractivity contribution in [2.45, 2.75) is 52.1 Å². The zero-order valence-corrected chi connectivity index (χ0v) is 11.4. The molecular weight excluding hydrogens is 226 g/mol. The molecule has 0 radical (unpaired) electrons. The standard InChI is InChI=1S/C15H21NO2/c1-11-8-18-9-13(11)7-14(3)12(2)5-4-6-15(14,17)10-16/h8-9,12,17H,4-7H2,1-3H3/t12-,14+,15-/m0/s1. The highest BCUT2D eigenvalue weighted by Crippen LogP contribution is 2.50. The molecule has 1 saturated carbocycles. The van der Waals surface area contributed by atoms with Crippen LogP contribution in [0.3, 0.4) is 0 Å². The number of nitriles is 1. The Hall–Kier alpha value is -1.27. The van der Waals surface area contributed by atoms with Crippen molar-refractivity contribution in [3.8, 4) is 6.07 Å². The van der Waals surface area contributed by atoms with Crippen molar-refractivity contribution in [1.29, 1.82) is 5.26 Å². The van der Waals surface area contributed by atoms with Gasteiger partial charge in [-0.1, -0.05) is 13.8 Å². The summed E-state index contributed by atoms with van der Waals surface area (Å²) in [6.45, 7) is 6.17. The van der Waals surface area contributed by atoms with E-state index in [2.05, 4.69) is 13.0 Å². The van der Waals surface area contributed by atoms with E-state index in [-0.39, 0.29) is 0 Å². The molecule has 0 saturated heterocycles. The molecule has 1 aliphatic rings. The van der Waals surface area contributed by atoms with Gasteiger partial charge in [-0.25, -0.2) is 0 Å². The van der Waals surface area contributed by atoms with Crippen LogP contribution in [0.25, 0.3) is 0 Å². The molecule has 98 valence electrons. The fourth-order valence-electron chi connectivity index (χ4n) is 3.14. The second-order valence-electron chi connectivity index (χ2n) is 5.94. The maximum absolute atomic E-state index is 10.7. The van der Waals surface area contributed by atoms with Crippen molar-refractivity contribution in [3.05, 3.63) is 23.7 Å². The summed E-state index contributed by atoms with van der Waals surface area (Å²) in [5, 5.41) is 20.0. The lowest BCUT2D eigenvalue weighted by molar-refractivity contribution is -0.0913. The number of hydrogen-bond acceptors (Lipinski definition) is 3. The first-order valence-corrected chi connectivity index (χ1v) is 6.58. The molecule has 18 heavy (non-hydrogen) atoms. The van der Waals surface area contributed by atoms with Gasteiger partial charge < -0.3 is 9.52 Å². The monoisotopic (exact) mass is 247 g/mol. The van der Waals surface area contributed by atoms with Gasteiger partial charge >= 0.3 is 0 Å². The molecule has 3 atom stereocenters. The van der Waals surface area contributed by atoms with Gasteiger partial charge in [0.2, 0.25) is 0 Å². The maximum Gasteiger partial charge on any atom is 0.156 e. The van der Waals surface area contributed by atoms with Gasteiger partial charge in [0.15, 0.2) is 5.60 Å². The van der Waals surface area contributed by atoms with Crippen LogP contribution in [0.15, 0.2) is 16.9 Å². The minimum Gasteiger partial charge on any atom is -0.472 e. The number of nitrogens with zero attached hydrogens (tertiary/aromatic N) is 1. The van der Waals surface area contributed by atoms with Crippen LogP contribution < -0.4 is 0 Å². The summed E-state index contributed by atoms with van der Waals surface area (Å²) in [6.07, 6.45) is 6.71. The van der Waals surface area contributed by atoms with Crippen LogP contribution in [0.5, 0.6) is 0 Å². The topological polar surface area (TPSA) is 57.2 Å². The molecule has 1 N–H and O–H groups in total. The van der Waals surface area contributed by atoms with Crippen LogP contribution in [-0.2, 0) is 6.42 Å². The first-order chi connectivity index (χ1) is 8.43. The Labute approximate surface area is 108 Å². The van der Waals surface area contributed by atoms with Crippen LogP contribution in [0.4, 0.5) is 0 Å². The second kappa shape index (κ2) is 4.44. The first-order valence-electron chi connectivity index (χ1n) is 6.58. The van der Waals surface area contributed by atoms with E-state index in [9.17, 15) is 10.4 Å². The van der Waals surface area contributed by atoms with E-state index in [1.165, 1.54) is 0 Å². The van der Waals surface area contributed by atoms with Crippen molar-refractivity contribution in [1.82, 2.24) is 0 Å². The van der Waals surface area contributed by atoms with E-state index in [1.54, 1.807) is 12.5 Å². The molecule has 0 aromatic carbocycles. The maximum atomic E-state index is 10.7. The number of furan rings is 1. The lowest BCUT2D eigenvalue weighted by atomic mass is 9.57. The Morgan fingerprint density at radius 1 is 1.56 bits per heavy atom. The number of rotatable bonds is 2. The number of aryl methyl sites for hydroxylation is 1. The smallest absolute Gasteiger partial charge is 0.156 e. The van der Waals surface area contributed by atoms with E-state index in [0.717, 1.165) is 24.0 Å². The zero-order chi connectivity index (χ0) is 13.4. The van der Waals surface area contributed by atoms with Gasteiger partial charge in [0.05, 0.1) is 18.6 Å². The normalized spacial score (nSPS) is 36.3. The fraction of sp³-hybridized carbons (Fsp3) is 0.667. The summed E-state index contributed by atoms with van der Waals surface area (Å²) in [5.74, 6) is 0.324. The molecule has 1 aliphatic carbocycles. The van der Waals surface area contributed by atoms with Gasteiger partial charge in [-0.05, 0) is 49.7 Å². The predicted octanol–water partition coefficient (Wildman–Crippen LogP) is 3.21. The second-order valence-corrected chi connectivity index (χ2v) is 5.94. The molecule has 3 nitrogen and oxygen atoms in total. The zero-order valence-electron chi connectivity index (χ0n) is 11.4. The minimum absolute atomic E-state index is 0.324. The molecule has 1 fully saturated rings. The summed E-state index contributed by atoms with van der Waals surface area (Å²) >= 11 is 0. The van der Waals surface area contributed by atoms with Crippen LogP contribution >= 0.6 is 0 Å². The van der Waals surface area contributed by atoms with E-state index in [4.69, 9.17) is 4.42 Å². The van der Waals surface area contributed by atoms with Crippen LogP contribution in [0, 0.1) is 29.6 Å². The molecule has 0 amide bonds. The van der Waals surface area contributed by atoms with Crippen molar-refractivity contribution < 1.29 is 9.52 Å². The van der Waals surface area contributed by atoms with Gasteiger partial charge in [0, 0.05) is 5.41 Å². The van der Waals surface area contributed by atoms with Crippen molar-refractivity contribution >= 4 is 0 Å². The highest BCUT2D eigenvalue weighted by Gasteiger charge is 2.52. The summed E-state index contributed by atoms with van der Waals surface area (Å²) in [6, 6.07) is 2.16. The molecule has 1 aromatic rings. The first kappa shape index (κ1) is 13.2. The van der Waals surface area contributed by atoms with Crippen molar-refractivity contribution in [2.75, 3.05) is 0 Å².